The number of hydrogen-bond donors (Lipinski definition) is 7. The second-order valence-corrected chi connectivity index (χ2v) is 7.98. The number of aromatic hydroxyl groups is 3. The molecule has 1 fully saturated rings. The van der Waals surface area contributed by atoms with Crippen LogP contribution in [-0.4, -0.2) is 81.0 Å². The van der Waals surface area contributed by atoms with Gasteiger partial charge in [0.2, 0.25) is 5.75 Å². The summed E-state index contributed by atoms with van der Waals surface area (Å²) in [6.45, 7) is -0.721. The molecule has 1 aliphatic heterocycles. The van der Waals surface area contributed by atoms with Gasteiger partial charge in [-0.3, -0.25) is 4.79 Å². The summed E-state index contributed by atoms with van der Waals surface area (Å²) < 4.78 is 21.4. The molecule has 0 saturated carbocycles. The molecule has 2 aromatic carbocycles. The van der Waals surface area contributed by atoms with Crippen molar-refractivity contribution < 1.29 is 54.4 Å². The molecule has 1 aliphatic rings. The maximum Gasteiger partial charge on any atom is 0.200 e. The van der Waals surface area contributed by atoms with Crippen LogP contribution in [0.1, 0.15) is 11.7 Å². The second-order valence-electron chi connectivity index (χ2n) is 7.98. The highest BCUT2D eigenvalue weighted by Crippen LogP contribution is 2.45. The third-order valence-corrected chi connectivity index (χ3v) is 5.95. The lowest BCUT2D eigenvalue weighted by molar-refractivity contribution is -0.232. The van der Waals surface area contributed by atoms with Gasteiger partial charge >= 0.3 is 0 Å². The minimum atomic E-state index is -1.80. The zero-order valence-corrected chi connectivity index (χ0v) is 18.6. The molecule has 5 unspecified atom stereocenters. The van der Waals surface area contributed by atoms with Crippen molar-refractivity contribution in [2.24, 2.45) is 0 Å². The van der Waals surface area contributed by atoms with Crippen LogP contribution in [0.15, 0.2) is 33.5 Å². The van der Waals surface area contributed by atoms with Gasteiger partial charge in [0.25, 0.3) is 0 Å². The third kappa shape index (κ3) is 4.00. The largest absolute Gasteiger partial charge is 0.507 e. The summed E-state index contributed by atoms with van der Waals surface area (Å²) in [6, 6.07) is 4.86. The molecule has 4 rings (SSSR count). The molecule has 0 aliphatic carbocycles. The van der Waals surface area contributed by atoms with Crippen LogP contribution in [0.2, 0.25) is 0 Å². The molecule has 2 heterocycles. The van der Waals surface area contributed by atoms with Gasteiger partial charge in [-0.25, -0.2) is 0 Å². The smallest absolute Gasteiger partial charge is 0.200 e. The van der Waals surface area contributed by atoms with E-state index in [4.69, 9.17) is 18.6 Å². The Bertz CT molecular complexity index is 1290. The Kier molecular flexibility index (Phi) is 6.49. The number of phenols is 3. The van der Waals surface area contributed by atoms with Crippen molar-refractivity contribution in [1.29, 1.82) is 0 Å². The fourth-order valence-corrected chi connectivity index (χ4v) is 4.10. The highest BCUT2D eigenvalue weighted by Gasteiger charge is 2.46. The third-order valence-electron chi connectivity index (χ3n) is 5.95. The molecule has 0 bridgehead atoms. The van der Waals surface area contributed by atoms with Crippen molar-refractivity contribution in [2.45, 2.75) is 30.5 Å². The van der Waals surface area contributed by atoms with Gasteiger partial charge in [-0.15, -0.1) is 0 Å². The number of aliphatic hydroxyl groups is 4. The molecule has 0 radical (unpaired) electrons. The fourth-order valence-electron chi connectivity index (χ4n) is 4.10. The van der Waals surface area contributed by atoms with Crippen LogP contribution in [0, 0.1) is 0 Å². The Balaban J connectivity index is 1.87. The van der Waals surface area contributed by atoms with E-state index in [-0.39, 0.29) is 39.5 Å². The number of rotatable bonds is 5. The van der Waals surface area contributed by atoms with E-state index in [1.165, 1.54) is 26.4 Å². The SMILES string of the molecule is COc1cc(-c2cc(=O)c3c(O)c(C4OC(CO)C(O)C(O)C4O)c(O)cc3o2)cc(OC)c1O. The first-order valence-electron chi connectivity index (χ1n) is 10.4. The molecular formula is C23H24O12. The number of phenolic OH excluding ortho intramolecular Hbond substituents is 3. The van der Waals surface area contributed by atoms with Crippen molar-refractivity contribution in [3.8, 4) is 40.1 Å². The first-order chi connectivity index (χ1) is 16.6. The number of ether oxygens (including phenoxy) is 3. The summed E-state index contributed by atoms with van der Waals surface area (Å²) in [5, 5.41) is 71.1. The quantitative estimate of drug-likeness (QED) is 0.254. The van der Waals surface area contributed by atoms with Crippen LogP contribution in [0.5, 0.6) is 28.7 Å². The lowest BCUT2D eigenvalue weighted by atomic mass is 9.89. The van der Waals surface area contributed by atoms with Crippen molar-refractivity contribution in [3.63, 3.8) is 0 Å². The summed E-state index contributed by atoms with van der Waals surface area (Å²) in [7, 11) is 2.65. The molecule has 12 heteroatoms. The van der Waals surface area contributed by atoms with E-state index in [0.29, 0.717) is 0 Å². The van der Waals surface area contributed by atoms with E-state index in [1.54, 1.807) is 0 Å². The van der Waals surface area contributed by atoms with Crippen LogP contribution in [0.4, 0.5) is 0 Å². The van der Waals surface area contributed by atoms with Crippen molar-refractivity contribution in [2.75, 3.05) is 20.8 Å². The maximum atomic E-state index is 13.0. The van der Waals surface area contributed by atoms with Gasteiger partial charge in [0.05, 0.1) is 26.4 Å². The van der Waals surface area contributed by atoms with Crippen molar-refractivity contribution in [3.05, 3.63) is 40.1 Å². The summed E-state index contributed by atoms with van der Waals surface area (Å²) >= 11 is 0. The van der Waals surface area contributed by atoms with Crippen molar-refractivity contribution >= 4 is 11.0 Å². The molecule has 1 saturated heterocycles. The molecule has 12 nitrogen and oxygen atoms in total. The molecule has 188 valence electrons. The van der Waals surface area contributed by atoms with Crippen LogP contribution < -0.4 is 14.9 Å². The Morgan fingerprint density at radius 2 is 1.51 bits per heavy atom. The summed E-state index contributed by atoms with van der Waals surface area (Å²) in [6.07, 6.45) is -8.10. The van der Waals surface area contributed by atoms with Gasteiger partial charge in [-0.05, 0) is 12.1 Å². The average Bonchev–Trinajstić information content (AvgIpc) is 2.83. The van der Waals surface area contributed by atoms with E-state index < -0.39 is 59.6 Å². The van der Waals surface area contributed by atoms with E-state index >= 15 is 0 Å². The fraction of sp³-hybridized carbons (Fsp3) is 0.348. The Hall–Kier alpha value is -3.55. The summed E-state index contributed by atoms with van der Waals surface area (Å²) in [5.41, 5.74) is -1.09. The van der Waals surface area contributed by atoms with E-state index in [2.05, 4.69) is 0 Å². The molecule has 35 heavy (non-hydrogen) atoms. The highest BCUT2D eigenvalue weighted by atomic mass is 16.5. The van der Waals surface area contributed by atoms with Gasteiger partial charge in [0.1, 0.15) is 58.7 Å². The van der Waals surface area contributed by atoms with Crippen LogP contribution in [0.25, 0.3) is 22.3 Å². The minimum absolute atomic E-state index is 0.00140. The molecule has 5 atom stereocenters. The Labute approximate surface area is 197 Å². The van der Waals surface area contributed by atoms with Gasteiger partial charge in [-0.2, -0.15) is 0 Å². The van der Waals surface area contributed by atoms with Crippen LogP contribution in [-0.2, 0) is 4.74 Å². The number of benzene rings is 2. The maximum absolute atomic E-state index is 13.0. The van der Waals surface area contributed by atoms with E-state index in [0.717, 1.165) is 12.1 Å². The molecule has 1 aromatic heterocycles. The first kappa shape index (κ1) is 24.6. The van der Waals surface area contributed by atoms with Gasteiger partial charge < -0.3 is 54.4 Å². The zero-order chi connectivity index (χ0) is 25.6. The Morgan fingerprint density at radius 3 is 2.09 bits per heavy atom. The predicted octanol–water partition coefficient (Wildman–Crippen LogP) is 0.109. The molecule has 0 spiro atoms. The van der Waals surface area contributed by atoms with Crippen LogP contribution >= 0.6 is 0 Å². The molecule has 0 amide bonds. The monoisotopic (exact) mass is 492 g/mol. The van der Waals surface area contributed by atoms with Crippen molar-refractivity contribution in [1.82, 2.24) is 0 Å². The molecule has 7 N–H and O–H groups in total. The molecule has 3 aromatic rings. The number of methoxy groups -OCH3 is 2. The summed E-state index contributed by atoms with van der Waals surface area (Å²) in [4.78, 5) is 13.0. The number of hydrogen-bond acceptors (Lipinski definition) is 12. The molecular weight excluding hydrogens is 468 g/mol. The van der Waals surface area contributed by atoms with E-state index in [9.17, 15) is 40.5 Å². The normalized spacial score (nSPS) is 24.5. The predicted molar refractivity (Wildman–Crippen MR) is 119 cm³/mol. The lowest BCUT2D eigenvalue weighted by Gasteiger charge is -2.40. The van der Waals surface area contributed by atoms with Gasteiger partial charge in [-0.1, -0.05) is 0 Å². The van der Waals surface area contributed by atoms with Gasteiger partial charge in [0, 0.05) is 17.7 Å². The zero-order valence-electron chi connectivity index (χ0n) is 18.6. The van der Waals surface area contributed by atoms with E-state index in [1.807, 2.05) is 0 Å². The topological polar surface area (TPSA) is 200 Å². The lowest BCUT2D eigenvalue weighted by Crippen LogP contribution is -2.55. The first-order valence-corrected chi connectivity index (χ1v) is 10.4. The van der Waals surface area contributed by atoms with Gasteiger partial charge in [0.15, 0.2) is 16.9 Å². The Morgan fingerprint density at radius 1 is 0.886 bits per heavy atom. The standard InChI is InChI=1S/C23H24O12/c1-32-13-3-8(4-14(33-2)18(13)27)11-5-9(25)16-12(34-11)6-10(26)17(20(16)29)23-22(31)21(30)19(28)15(7-24)35-23/h3-6,15,19,21-24,26-31H,7H2,1-2H3. The van der Waals surface area contributed by atoms with Crippen LogP contribution in [0.3, 0.4) is 0 Å². The number of fused-ring (bicyclic) bond motifs is 1. The average molecular weight is 492 g/mol. The number of aliphatic hydroxyl groups excluding tert-OH is 4. The summed E-state index contributed by atoms with van der Waals surface area (Å²) in [5.74, 6) is -1.58. The minimum Gasteiger partial charge on any atom is -0.507 e. The highest BCUT2D eigenvalue weighted by molar-refractivity contribution is 5.88. The second kappa shape index (κ2) is 9.24.